The van der Waals surface area contributed by atoms with E-state index < -0.39 is 5.54 Å². The van der Waals surface area contributed by atoms with Gasteiger partial charge in [-0.15, -0.1) is 23.7 Å². The Morgan fingerprint density at radius 3 is 2.79 bits per heavy atom. The van der Waals surface area contributed by atoms with Gasteiger partial charge < -0.3 is 15.8 Å². The third kappa shape index (κ3) is 4.83. The Morgan fingerprint density at radius 2 is 2.21 bits per heavy atom. The van der Waals surface area contributed by atoms with E-state index in [1.807, 2.05) is 18.4 Å². The predicted octanol–water partition coefficient (Wildman–Crippen LogP) is 4.35. The van der Waals surface area contributed by atoms with Gasteiger partial charge in [0.1, 0.15) is 5.75 Å². The molecule has 2 rings (SSSR count). The molecule has 0 bridgehead atoms. The van der Waals surface area contributed by atoms with Crippen LogP contribution in [0.15, 0.2) is 23.6 Å². The van der Waals surface area contributed by atoms with E-state index in [2.05, 4.69) is 10.3 Å². The monoisotopic (exact) mass is 389 g/mol. The highest BCUT2D eigenvalue weighted by Crippen LogP contribution is 2.31. The lowest BCUT2D eigenvalue weighted by molar-refractivity contribution is -0.120. The van der Waals surface area contributed by atoms with Gasteiger partial charge in [-0.25, -0.2) is 4.98 Å². The van der Waals surface area contributed by atoms with E-state index in [4.69, 9.17) is 22.1 Å². The summed E-state index contributed by atoms with van der Waals surface area (Å²) >= 11 is 7.48. The summed E-state index contributed by atoms with van der Waals surface area (Å²) in [5.41, 5.74) is 6.72. The molecular weight excluding hydrogens is 369 g/mol. The molecule has 0 aliphatic carbocycles. The van der Waals surface area contributed by atoms with Gasteiger partial charge in [-0.2, -0.15) is 0 Å². The van der Waals surface area contributed by atoms with Gasteiger partial charge in [-0.1, -0.05) is 24.9 Å². The van der Waals surface area contributed by atoms with Crippen LogP contribution >= 0.6 is 35.3 Å². The van der Waals surface area contributed by atoms with Gasteiger partial charge >= 0.3 is 0 Å². The summed E-state index contributed by atoms with van der Waals surface area (Å²) < 4.78 is 5.13. The van der Waals surface area contributed by atoms with E-state index in [0.717, 1.165) is 17.7 Å². The number of nitrogens with two attached hydrogens (primary N) is 1. The zero-order valence-corrected chi connectivity index (χ0v) is 16.1. The lowest BCUT2D eigenvalue weighted by Crippen LogP contribution is -2.48. The normalized spacial score (nSPS) is 12.9. The number of nitrogens with zero attached hydrogens (tertiary/aromatic N) is 1. The SMILES string of the molecule is CCCC(C)(N)C(=O)Nc1nc(-c2ccc(OC)c(Cl)c2)cs1.Cl. The average Bonchev–Trinajstić information content (AvgIpc) is 2.95. The second kappa shape index (κ2) is 8.67. The number of thiazole rings is 1. The quantitative estimate of drug-likeness (QED) is 0.769. The topological polar surface area (TPSA) is 77.2 Å². The molecule has 1 unspecified atom stereocenters. The number of hydrogen-bond acceptors (Lipinski definition) is 5. The highest BCUT2D eigenvalue weighted by molar-refractivity contribution is 7.14. The van der Waals surface area contributed by atoms with Crippen molar-refractivity contribution in [1.82, 2.24) is 4.98 Å². The van der Waals surface area contributed by atoms with Gasteiger partial charge in [-0.05, 0) is 31.5 Å². The molecule has 5 nitrogen and oxygen atoms in total. The van der Waals surface area contributed by atoms with Gasteiger partial charge in [0.15, 0.2) is 5.13 Å². The maximum atomic E-state index is 12.2. The summed E-state index contributed by atoms with van der Waals surface area (Å²) in [4.78, 5) is 16.6. The third-order valence-corrected chi connectivity index (χ3v) is 4.51. The minimum atomic E-state index is -0.899. The van der Waals surface area contributed by atoms with E-state index in [1.54, 1.807) is 26.2 Å². The predicted molar refractivity (Wildman–Crippen MR) is 102 cm³/mol. The van der Waals surface area contributed by atoms with Crippen molar-refractivity contribution >= 4 is 46.4 Å². The number of hydrogen-bond donors (Lipinski definition) is 2. The fourth-order valence-electron chi connectivity index (χ4n) is 2.16. The number of carbonyl (C=O) groups excluding carboxylic acids is 1. The number of nitrogens with one attached hydrogen (secondary N) is 1. The first-order chi connectivity index (χ1) is 10.9. The number of benzene rings is 1. The Hall–Kier alpha value is -1.34. The molecule has 0 saturated carbocycles. The lowest BCUT2D eigenvalue weighted by Gasteiger charge is -2.21. The van der Waals surface area contributed by atoms with Crippen LogP contribution in [-0.4, -0.2) is 23.5 Å². The second-order valence-electron chi connectivity index (χ2n) is 5.51. The number of methoxy groups -OCH3 is 1. The number of aromatic nitrogens is 1. The minimum Gasteiger partial charge on any atom is -0.495 e. The Labute approximate surface area is 157 Å². The molecular formula is C16H21Cl2N3O2S. The molecule has 0 fully saturated rings. The molecule has 1 atom stereocenters. The van der Waals surface area contributed by atoms with E-state index in [-0.39, 0.29) is 18.3 Å². The summed E-state index contributed by atoms with van der Waals surface area (Å²) in [6, 6.07) is 5.44. The first-order valence-electron chi connectivity index (χ1n) is 7.27. The molecule has 24 heavy (non-hydrogen) atoms. The second-order valence-corrected chi connectivity index (χ2v) is 6.77. The van der Waals surface area contributed by atoms with Crippen LogP contribution in [-0.2, 0) is 4.79 Å². The molecule has 3 N–H and O–H groups in total. The molecule has 0 saturated heterocycles. The molecule has 2 aromatic rings. The van der Waals surface area contributed by atoms with Crippen LogP contribution in [0.3, 0.4) is 0 Å². The largest absolute Gasteiger partial charge is 0.495 e. The van der Waals surface area contributed by atoms with E-state index in [0.29, 0.717) is 22.3 Å². The number of ether oxygens (including phenoxy) is 1. The molecule has 0 spiro atoms. The van der Waals surface area contributed by atoms with Crippen molar-refractivity contribution < 1.29 is 9.53 Å². The summed E-state index contributed by atoms with van der Waals surface area (Å²) in [6.45, 7) is 3.72. The van der Waals surface area contributed by atoms with Crippen LogP contribution in [0.25, 0.3) is 11.3 Å². The van der Waals surface area contributed by atoms with E-state index >= 15 is 0 Å². The van der Waals surface area contributed by atoms with Gasteiger partial charge in [0.05, 0.1) is 23.4 Å². The first kappa shape index (κ1) is 20.7. The Kier molecular flexibility index (Phi) is 7.48. The van der Waals surface area contributed by atoms with Gasteiger partial charge in [0.25, 0.3) is 0 Å². The molecule has 0 radical (unpaired) electrons. The smallest absolute Gasteiger partial charge is 0.245 e. The van der Waals surface area contributed by atoms with Crippen molar-refractivity contribution in [2.45, 2.75) is 32.2 Å². The molecule has 0 aliphatic rings. The summed E-state index contributed by atoms with van der Waals surface area (Å²) in [6.07, 6.45) is 1.46. The van der Waals surface area contributed by atoms with Gasteiger partial charge in [0.2, 0.25) is 5.91 Å². The number of carbonyl (C=O) groups is 1. The van der Waals surface area contributed by atoms with Crippen LogP contribution in [0.2, 0.25) is 5.02 Å². The summed E-state index contributed by atoms with van der Waals surface area (Å²) in [5, 5.41) is 5.68. The van der Waals surface area contributed by atoms with Crippen molar-refractivity contribution in [3.8, 4) is 17.0 Å². The average molecular weight is 390 g/mol. The lowest BCUT2D eigenvalue weighted by atomic mass is 9.97. The Balaban J connectivity index is 0.00000288. The van der Waals surface area contributed by atoms with Crippen LogP contribution in [0.1, 0.15) is 26.7 Å². The third-order valence-electron chi connectivity index (χ3n) is 3.46. The number of halogens is 2. The van der Waals surface area contributed by atoms with E-state index in [1.165, 1.54) is 11.3 Å². The molecule has 1 amide bonds. The number of rotatable bonds is 6. The van der Waals surface area contributed by atoms with Crippen LogP contribution in [0.4, 0.5) is 5.13 Å². The fourth-order valence-corrected chi connectivity index (χ4v) is 3.13. The number of anilines is 1. The summed E-state index contributed by atoms with van der Waals surface area (Å²) in [7, 11) is 1.57. The standard InChI is InChI=1S/C16H20ClN3O2S.ClH/c1-4-7-16(2,18)14(21)20-15-19-12(9-23-15)10-5-6-13(22-3)11(17)8-10;/h5-6,8-9H,4,7,18H2,1-3H3,(H,19,20,21);1H. The molecule has 1 heterocycles. The summed E-state index contributed by atoms with van der Waals surface area (Å²) in [5.74, 6) is 0.380. The van der Waals surface area contributed by atoms with Crippen molar-refractivity contribution in [3.63, 3.8) is 0 Å². The molecule has 0 aliphatic heterocycles. The minimum absolute atomic E-state index is 0. The van der Waals surface area contributed by atoms with Crippen LogP contribution in [0, 0.1) is 0 Å². The highest BCUT2D eigenvalue weighted by atomic mass is 35.5. The molecule has 132 valence electrons. The van der Waals surface area contributed by atoms with Gasteiger partial charge in [-0.3, -0.25) is 4.79 Å². The van der Waals surface area contributed by atoms with Crippen molar-refractivity contribution in [2.75, 3.05) is 12.4 Å². The maximum Gasteiger partial charge on any atom is 0.245 e. The van der Waals surface area contributed by atoms with E-state index in [9.17, 15) is 4.79 Å². The first-order valence-corrected chi connectivity index (χ1v) is 8.53. The highest BCUT2D eigenvalue weighted by Gasteiger charge is 2.27. The van der Waals surface area contributed by atoms with Crippen molar-refractivity contribution in [2.24, 2.45) is 5.73 Å². The Morgan fingerprint density at radius 1 is 1.50 bits per heavy atom. The van der Waals surface area contributed by atoms with Gasteiger partial charge in [0, 0.05) is 10.9 Å². The zero-order chi connectivity index (χ0) is 17.0. The van der Waals surface area contributed by atoms with Crippen molar-refractivity contribution in [3.05, 3.63) is 28.6 Å². The van der Waals surface area contributed by atoms with Crippen molar-refractivity contribution in [1.29, 1.82) is 0 Å². The fraction of sp³-hybridized carbons (Fsp3) is 0.375. The molecule has 1 aromatic heterocycles. The maximum absolute atomic E-state index is 12.2. The zero-order valence-electron chi connectivity index (χ0n) is 13.8. The van der Waals surface area contributed by atoms with Crippen LogP contribution in [0.5, 0.6) is 5.75 Å². The Bertz CT molecular complexity index is 704. The van der Waals surface area contributed by atoms with Crippen LogP contribution < -0.4 is 15.8 Å². The number of amides is 1. The molecule has 1 aromatic carbocycles. The molecule has 8 heteroatoms.